The van der Waals surface area contributed by atoms with E-state index in [2.05, 4.69) is 228 Å². The summed E-state index contributed by atoms with van der Waals surface area (Å²) in [4.78, 5) is 2.52. The van der Waals surface area contributed by atoms with Gasteiger partial charge in [0.2, 0.25) is 0 Å². The van der Waals surface area contributed by atoms with Crippen LogP contribution in [0.2, 0.25) is 0 Å². The average Bonchev–Trinajstić information content (AvgIpc) is 3.78. The Balaban J connectivity index is 1.19. The highest BCUT2D eigenvalue weighted by molar-refractivity contribution is 6.08. The number of hydrogen-bond acceptors (Lipinski definition) is 2. The Kier molecular flexibility index (Phi) is 8.64. The molecule has 0 spiro atoms. The average molecular weight is 812 g/mol. The number of para-hydroxylation sites is 1. The molecule has 8 aromatic rings. The highest BCUT2D eigenvalue weighted by atomic mass is 16.3. The van der Waals surface area contributed by atoms with Crippen molar-refractivity contribution in [2.75, 3.05) is 4.90 Å². The minimum atomic E-state index is -0.167. The maximum atomic E-state index is 6.78. The Hall–Kier alpha value is -5.86. The third kappa shape index (κ3) is 6.11. The first kappa shape index (κ1) is 40.2. The second kappa shape index (κ2) is 13.3. The van der Waals surface area contributed by atoms with Crippen LogP contribution in [0.5, 0.6) is 0 Å². The van der Waals surface area contributed by atoms with E-state index in [4.69, 9.17) is 4.42 Å². The van der Waals surface area contributed by atoms with Gasteiger partial charge in [-0.25, -0.2) is 0 Å². The fourth-order valence-electron chi connectivity index (χ4n) is 10.5. The molecule has 62 heavy (non-hydrogen) atoms. The van der Waals surface area contributed by atoms with Gasteiger partial charge in [0, 0.05) is 44.1 Å². The van der Waals surface area contributed by atoms with Gasteiger partial charge < -0.3 is 9.32 Å². The predicted octanol–water partition coefficient (Wildman–Crippen LogP) is 17.2. The summed E-state index contributed by atoms with van der Waals surface area (Å²) < 4.78 is 6.78. The molecule has 7 aromatic carbocycles. The monoisotopic (exact) mass is 811 g/mol. The van der Waals surface area contributed by atoms with Crippen LogP contribution in [0, 0.1) is 0 Å². The minimum absolute atomic E-state index is 0.00500. The summed E-state index contributed by atoms with van der Waals surface area (Å²) in [5.41, 5.74) is 22.2. The zero-order valence-corrected chi connectivity index (χ0v) is 39.1. The maximum Gasteiger partial charge on any atom is 0.139 e. The van der Waals surface area contributed by atoms with E-state index in [9.17, 15) is 0 Å². The summed E-state index contributed by atoms with van der Waals surface area (Å²) in [6.07, 6.45) is 0. The van der Waals surface area contributed by atoms with Gasteiger partial charge in [-0.1, -0.05) is 175 Å². The van der Waals surface area contributed by atoms with E-state index in [1.165, 1.54) is 72.1 Å². The van der Waals surface area contributed by atoms with Crippen molar-refractivity contribution in [3.05, 3.63) is 172 Å². The lowest BCUT2D eigenvalue weighted by Crippen LogP contribution is -2.19. The second-order valence-electron chi connectivity index (χ2n) is 22.3. The van der Waals surface area contributed by atoms with Crippen molar-refractivity contribution in [2.24, 2.45) is 0 Å². The Labute approximate surface area is 369 Å². The molecule has 312 valence electrons. The molecule has 0 N–H and O–H groups in total. The molecule has 2 aliphatic rings. The Morgan fingerprint density at radius 2 is 0.952 bits per heavy atom. The lowest BCUT2D eigenvalue weighted by atomic mass is 9.79. The van der Waals surface area contributed by atoms with E-state index in [1.807, 2.05) is 0 Å². The first-order valence-corrected chi connectivity index (χ1v) is 22.6. The quantitative estimate of drug-likeness (QED) is 0.176. The van der Waals surface area contributed by atoms with Crippen LogP contribution in [-0.2, 0) is 27.1 Å². The molecule has 10 rings (SSSR count). The van der Waals surface area contributed by atoms with E-state index in [0.29, 0.717) is 0 Å². The van der Waals surface area contributed by atoms with Crippen molar-refractivity contribution in [3.8, 4) is 33.4 Å². The van der Waals surface area contributed by atoms with E-state index in [1.54, 1.807) is 0 Å². The molecule has 0 unspecified atom stereocenters. The Bertz CT molecular complexity index is 3130. The van der Waals surface area contributed by atoms with Crippen molar-refractivity contribution in [2.45, 2.75) is 117 Å². The van der Waals surface area contributed by atoms with Crippen LogP contribution < -0.4 is 4.90 Å². The molecule has 2 aliphatic carbocycles. The van der Waals surface area contributed by atoms with Gasteiger partial charge in [0.1, 0.15) is 11.2 Å². The number of benzene rings is 7. The van der Waals surface area contributed by atoms with Crippen molar-refractivity contribution < 1.29 is 4.42 Å². The molecular formula is C60H61NO. The van der Waals surface area contributed by atoms with Gasteiger partial charge in [0.15, 0.2) is 0 Å². The summed E-state index contributed by atoms with van der Waals surface area (Å²) in [6.45, 7) is 30.3. The lowest BCUT2D eigenvalue weighted by Gasteiger charge is -2.31. The maximum absolute atomic E-state index is 6.78. The Morgan fingerprint density at radius 1 is 0.419 bits per heavy atom. The SMILES string of the molecule is CC(C)(C)c1ccc2c(c1)C(C)(C)c1cc(N(c3ccc4c(c3)C(C)(C)c3ccccc3-4)c3ccccc3-c3ccc4oc5c(C(C)(C)C)cc(C(C)(C)C)cc5c4c3)ccc1-2. The molecule has 0 atom stereocenters. The number of nitrogens with zero attached hydrogens (tertiary/aromatic N) is 1. The van der Waals surface area contributed by atoms with E-state index in [0.717, 1.165) is 39.2 Å². The predicted molar refractivity (Wildman–Crippen MR) is 265 cm³/mol. The number of fused-ring (bicyclic) bond motifs is 9. The molecule has 1 heterocycles. The van der Waals surface area contributed by atoms with Crippen molar-refractivity contribution >= 4 is 39.0 Å². The number of rotatable bonds is 4. The van der Waals surface area contributed by atoms with Crippen molar-refractivity contribution in [1.82, 2.24) is 0 Å². The van der Waals surface area contributed by atoms with Crippen LogP contribution in [0.4, 0.5) is 17.1 Å². The van der Waals surface area contributed by atoms with Gasteiger partial charge in [-0.2, -0.15) is 0 Å². The van der Waals surface area contributed by atoms with E-state index in [-0.39, 0.29) is 27.1 Å². The largest absolute Gasteiger partial charge is 0.456 e. The van der Waals surface area contributed by atoms with Gasteiger partial charge in [0.05, 0.1) is 5.69 Å². The molecule has 1 aromatic heterocycles. The highest BCUT2D eigenvalue weighted by Crippen LogP contribution is 2.54. The second-order valence-corrected chi connectivity index (χ2v) is 22.3. The van der Waals surface area contributed by atoms with Crippen LogP contribution in [0.3, 0.4) is 0 Å². The van der Waals surface area contributed by atoms with Crippen LogP contribution in [0.15, 0.2) is 138 Å². The molecule has 2 heteroatoms. The highest BCUT2D eigenvalue weighted by Gasteiger charge is 2.39. The first-order valence-electron chi connectivity index (χ1n) is 22.6. The zero-order valence-electron chi connectivity index (χ0n) is 39.1. The van der Waals surface area contributed by atoms with Crippen LogP contribution in [0.1, 0.15) is 129 Å². The number of furan rings is 1. The van der Waals surface area contributed by atoms with Gasteiger partial charge in [-0.3, -0.25) is 0 Å². The molecule has 0 fully saturated rings. The number of anilines is 3. The summed E-state index contributed by atoms with van der Waals surface area (Å²) in [7, 11) is 0. The first-order chi connectivity index (χ1) is 29.1. The normalized spacial score (nSPS) is 15.1. The molecule has 0 radical (unpaired) electrons. The van der Waals surface area contributed by atoms with Gasteiger partial charge in [-0.15, -0.1) is 0 Å². The smallest absolute Gasteiger partial charge is 0.139 e. The standard InChI is InChI=1S/C60H61NO/c1-56(2,3)37-23-26-43-45-28-25-40(35-51(45)60(12,13)49(43)32-37)61(39-24-27-44-42-19-14-16-20-48(42)59(10,11)50(44)34-39)53-21-17-15-18-41(53)36-22-29-54-46(30-36)47-31-38(57(4,5)6)33-52(55(47)62-54)58(7,8)9/h14-35H,1-13H3. The lowest BCUT2D eigenvalue weighted by molar-refractivity contribution is 0.559. The molecule has 2 nitrogen and oxygen atoms in total. The zero-order chi connectivity index (χ0) is 43.9. The topological polar surface area (TPSA) is 16.4 Å². The minimum Gasteiger partial charge on any atom is -0.456 e. The third-order valence-corrected chi connectivity index (χ3v) is 14.3. The summed E-state index contributed by atoms with van der Waals surface area (Å²) in [5, 5.41) is 2.34. The molecule has 0 saturated carbocycles. The number of hydrogen-bond donors (Lipinski definition) is 0. The fourth-order valence-corrected chi connectivity index (χ4v) is 10.5. The molecular weight excluding hydrogens is 751 g/mol. The fraction of sp³-hybridized carbons (Fsp3) is 0.300. The Morgan fingerprint density at radius 3 is 1.56 bits per heavy atom. The summed E-state index contributed by atoms with van der Waals surface area (Å²) in [5.74, 6) is 0. The molecule has 0 amide bonds. The van der Waals surface area contributed by atoms with Crippen LogP contribution in [0.25, 0.3) is 55.3 Å². The van der Waals surface area contributed by atoms with E-state index >= 15 is 0 Å². The van der Waals surface area contributed by atoms with Gasteiger partial charge in [-0.05, 0) is 126 Å². The van der Waals surface area contributed by atoms with Crippen LogP contribution in [-0.4, -0.2) is 0 Å². The van der Waals surface area contributed by atoms with Crippen LogP contribution >= 0.6 is 0 Å². The third-order valence-electron chi connectivity index (χ3n) is 14.3. The van der Waals surface area contributed by atoms with E-state index < -0.39 is 0 Å². The van der Waals surface area contributed by atoms with Crippen molar-refractivity contribution in [1.29, 1.82) is 0 Å². The van der Waals surface area contributed by atoms with Crippen molar-refractivity contribution in [3.63, 3.8) is 0 Å². The van der Waals surface area contributed by atoms with Gasteiger partial charge in [0.25, 0.3) is 0 Å². The summed E-state index contributed by atoms with van der Waals surface area (Å²) >= 11 is 0. The molecule has 0 bridgehead atoms. The summed E-state index contributed by atoms with van der Waals surface area (Å²) in [6, 6.07) is 51.0. The van der Waals surface area contributed by atoms with Gasteiger partial charge >= 0.3 is 0 Å². The molecule has 0 aliphatic heterocycles. The molecule has 0 saturated heterocycles.